The summed E-state index contributed by atoms with van der Waals surface area (Å²) in [6, 6.07) is 22.3. The van der Waals surface area contributed by atoms with Crippen LogP contribution in [-0.2, 0) is 85.8 Å². The summed E-state index contributed by atoms with van der Waals surface area (Å²) in [5.41, 5.74) is 1.96. The molecular formula is C56H60N4O28. The standard InChI is InChI=1S/C29H32N2O14.C27H28N2O14/c1-30(14-23(32)33)21-8-4-19(5-9-21)28(40)44-17-26(38)42-12-2-3-13-43-27(39)18-45-29(41)20-6-10-22(11-7-20)31(15-24(34)35)16-25(36)37;1-28(12-21(30)31)19-6-2-17(3-7-19)26(38)42-15-24(36)40-10-11-41-25(37)16-43-27(39)18-4-8-20(9-5-18)29(13-22(32)33)14-23(34)35/h4-11H,2-3,12-18H2,1H3,(H,32,33)(H,34,35)(H,36,37);2-9H,10-16H2,1H3,(H,30,31)(H,32,33)(H,34,35). The first-order valence-corrected chi connectivity index (χ1v) is 25.6. The van der Waals surface area contributed by atoms with Gasteiger partial charge in [0.2, 0.25) is 0 Å². The van der Waals surface area contributed by atoms with E-state index in [-0.39, 0.29) is 73.1 Å². The lowest BCUT2D eigenvalue weighted by Gasteiger charge is -2.20. The summed E-state index contributed by atoms with van der Waals surface area (Å²) in [5, 5.41) is 53.4. The van der Waals surface area contributed by atoms with Crippen molar-refractivity contribution in [2.45, 2.75) is 12.8 Å². The topological polar surface area (TPSA) is 447 Å². The van der Waals surface area contributed by atoms with Gasteiger partial charge in [-0.15, -0.1) is 0 Å². The molecule has 32 heteroatoms. The number of carboxylic acid groups (broad SMARTS) is 6. The van der Waals surface area contributed by atoms with Gasteiger partial charge in [-0.3, -0.25) is 28.8 Å². The van der Waals surface area contributed by atoms with Crippen molar-refractivity contribution in [2.75, 3.05) is 126 Å². The molecule has 472 valence electrons. The first-order chi connectivity index (χ1) is 41.7. The van der Waals surface area contributed by atoms with Gasteiger partial charge < -0.3 is 88.1 Å². The third kappa shape index (κ3) is 27.8. The quantitative estimate of drug-likeness (QED) is 0.0213. The summed E-state index contributed by atoms with van der Waals surface area (Å²) < 4.78 is 39.0. The van der Waals surface area contributed by atoms with Crippen LogP contribution in [0.1, 0.15) is 54.3 Å². The minimum absolute atomic E-state index is 0.00657. The van der Waals surface area contributed by atoms with Gasteiger partial charge in [0.05, 0.1) is 35.5 Å². The largest absolute Gasteiger partial charge is 0.480 e. The van der Waals surface area contributed by atoms with Crippen LogP contribution in [0.25, 0.3) is 0 Å². The van der Waals surface area contributed by atoms with Crippen LogP contribution in [0.2, 0.25) is 0 Å². The van der Waals surface area contributed by atoms with Crippen LogP contribution in [-0.4, -0.2) is 220 Å². The fourth-order valence-corrected chi connectivity index (χ4v) is 6.92. The zero-order valence-corrected chi connectivity index (χ0v) is 47.0. The number of esters is 8. The number of likely N-dealkylation sites (N-methyl/N-ethyl adjacent to an activating group) is 2. The molecule has 0 unspecified atom stereocenters. The Morgan fingerprint density at radius 1 is 0.284 bits per heavy atom. The predicted octanol–water partition coefficient (Wildman–Crippen LogP) is 1.35. The molecule has 0 aliphatic heterocycles. The number of benzene rings is 4. The maximum absolute atomic E-state index is 12.2. The van der Waals surface area contributed by atoms with Gasteiger partial charge in [-0.25, -0.2) is 38.4 Å². The molecule has 0 aliphatic rings. The lowest BCUT2D eigenvalue weighted by molar-refractivity contribution is -0.155. The molecule has 0 amide bonds. The van der Waals surface area contributed by atoms with Crippen molar-refractivity contribution in [3.8, 4) is 0 Å². The number of ether oxygens (including phenoxy) is 8. The van der Waals surface area contributed by atoms with Crippen molar-refractivity contribution in [2.24, 2.45) is 0 Å². The first kappa shape index (κ1) is 70.9. The number of hydrogen-bond acceptors (Lipinski definition) is 26. The molecule has 0 bridgehead atoms. The van der Waals surface area contributed by atoms with Crippen molar-refractivity contribution in [1.82, 2.24) is 0 Å². The Hall–Kier alpha value is -11.3. The summed E-state index contributed by atoms with van der Waals surface area (Å²) in [7, 11) is 3.15. The van der Waals surface area contributed by atoms with Gasteiger partial charge in [0, 0.05) is 36.8 Å². The Bertz CT molecular complexity index is 3060. The predicted molar refractivity (Wildman–Crippen MR) is 297 cm³/mol. The van der Waals surface area contributed by atoms with E-state index in [9.17, 15) is 67.1 Å². The van der Waals surface area contributed by atoms with Gasteiger partial charge in [-0.1, -0.05) is 0 Å². The van der Waals surface area contributed by atoms with E-state index in [1.54, 1.807) is 26.2 Å². The number of aliphatic carboxylic acids is 6. The summed E-state index contributed by atoms with van der Waals surface area (Å²) in [6.07, 6.45) is 0.644. The molecule has 88 heavy (non-hydrogen) atoms. The summed E-state index contributed by atoms with van der Waals surface area (Å²) in [5.74, 6) is -13.8. The van der Waals surface area contributed by atoms with E-state index in [1.165, 1.54) is 94.7 Å². The van der Waals surface area contributed by atoms with Crippen molar-refractivity contribution in [1.29, 1.82) is 0 Å². The number of hydrogen-bond donors (Lipinski definition) is 6. The highest BCUT2D eigenvalue weighted by molar-refractivity contribution is 5.94. The minimum Gasteiger partial charge on any atom is -0.480 e. The van der Waals surface area contributed by atoms with E-state index in [1.807, 2.05) is 0 Å². The Labute approximate surface area is 498 Å². The summed E-state index contributed by atoms with van der Waals surface area (Å²) >= 11 is 0. The fourth-order valence-electron chi connectivity index (χ4n) is 6.92. The second-order valence-corrected chi connectivity index (χ2v) is 17.9. The van der Waals surface area contributed by atoms with Crippen LogP contribution in [0.5, 0.6) is 0 Å². The molecule has 0 heterocycles. The molecule has 4 aromatic rings. The maximum Gasteiger partial charge on any atom is 0.344 e. The zero-order chi connectivity index (χ0) is 65.3. The Balaban J connectivity index is 0.000000461. The molecule has 0 fully saturated rings. The van der Waals surface area contributed by atoms with Crippen molar-refractivity contribution < 1.29 is 136 Å². The van der Waals surface area contributed by atoms with E-state index < -0.39 is 136 Å². The van der Waals surface area contributed by atoms with Crippen LogP contribution in [0.15, 0.2) is 97.1 Å². The smallest absolute Gasteiger partial charge is 0.344 e. The number of anilines is 4. The number of carbonyl (C=O) groups is 14. The third-order valence-corrected chi connectivity index (χ3v) is 11.0. The molecule has 0 aromatic heterocycles. The van der Waals surface area contributed by atoms with Crippen molar-refractivity contribution in [3.63, 3.8) is 0 Å². The molecule has 32 nitrogen and oxygen atoms in total. The van der Waals surface area contributed by atoms with Crippen molar-refractivity contribution >= 4 is 106 Å². The van der Waals surface area contributed by atoms with Gasteiger partial charge in [0.15, 0.2) is 26.4 Å². The molecule has 4 aromatic carbocycles. The van der Waals surface area contributed by atoms with E-state index in [0.717, 1.165) is 9.80 Å². The van der Waals surface area contributed by atoms with Gasteiger partial charge in [-0.2, -0.15) is 0 Å². The molecular weight excluding hydrogens is 1180 g/mol. The Morgan fingerprint density at radius 2 is 0.489 bits per heavy atom. The molecule has 0 radical (unpaired) electrons. The minimum atomic E-state index is -1.25. The molecule has 0 aliphatic carbocycles. The van der Waals surface area contributed by atoms with Crippen molar-refractivity contribution in [3.05, 3.63) is 119 Å². The fraction of sp³-hybridized carbons (Fsp3) is 0.321. The Kier molecular flexibility index (Phi) is 29.9. The van der Waals surface area contributed by atoms with E-state index in [2.05, 4.69) is 0 Å². The van der Waals surface area contributed by atoms with Crippen LogP contribution in [0, 0.1) is 0 Å². The first-order valence-electron chi connectivity index (χ1n) is 25.6. The second kappa shape index (κ2) is 37.1. The maximum atomic E-state index is 12.2. The van der Waals surface area contributed by atoms with Gasteiger partial charge in [-0.05, 0) is 110 Å². The molecule has 6 N–H and O–H groups in total. The number of unbranched alkanes of at least 4 members (excludes halogenated alkanes) is 1. The monoisotopic (exact) mass is 1240 g/mol. The second-order valence-electron chi connectivity index (χ2n) is 17.9. The Morgan fingerprint density at radius 3 is 0.705 bits per heavy atom. The average Bonchev–Trinajstić information content (AvgIpc) is 3.56. The SMILES string of the molecule is CN(CC(=O)O)c1ccc(C(=O)OCC(=O)OCCCCOC(=O)COC(=O)c2ccc(N(CC(=O)O)CC(=O)O)cc2)cc1.CN(CC(=O)O)c1ccc(C(=O)OCC(=O)OCCOC(=O)COC(=O)c2ccc(N(CC(=O)O)CC(=O)O)cc2)cc1. The van der Waals surface area contributed by atoms with Gasteiger partial charge in [0.25, 0.3) is 0 Å². The molecule has 0 saturated heterocycles. The van der Waals surface area contributed by atoms with Crippen LogP contribution < -0.4 is 19.6 Å². The molecule has 0 saturated carbocycles. The number of nitrogens with zero attached hydrogens (tertiary/aromatic N) is 4. The van der Waals surface area contributed by atoms with Crippen LogP contribution in [0.3, 0.4) is 0 Å². The molecule has 4 rings (SSSR count). The number of carboxylic acids is 6. The lowest BCUT2D eigenvalue weighted by atomic mass is 10.2. The normalized spacial score (nSPS) is 10.2. The highest BCUT2D eigenvalue weighted by Crippen LogP contribution is 2.19. The van der Waals surface area contributed by atoms with Gasteiger partial charge >= 0.3 is 83.6 Å². The lowest BCUT2D eigenvalue weighted by Crippen LogP contribution is -2.34. The van der Waals surface area contributed by atoms with Crippen LogP contribution >= 0.6 is 0 Å². The molecule has 0 spiro atoms. The van der Waals surface area contributed by atoms with Gasteiger partial charge in [0.1, 0.15) is 52.5 Å². The van der Waals surface area contributed by atoms with E-state index in [0.29, 0.717) is 24.2 Å². The van der Waals surface area contributed by atoms with Crippen LogP contribution in [0.4, 0.5) is 22.7 Å². The highest BCUT2D eigenvalue weighted by Gasteiger charge is 2.20. The highest BCUT2D eigenvalue weighted by atomic mass is 16.6. The van der Waals surface area contributed by atoms with E-state index >= 15 is 0 Å². The number of carbonyl (C=O) groups excluding carboxylic acids is 8. The average molecular weight is 1240 g/mol. The zero-order valence-electron chi connectivity index (χ0n) is 47.0. The third-order valence-electron chi connectivity index (χ3n) is 11.0. The van der Waals surface area contributed by atoms with E-state index in [4.69, 9.17) is 68.5 Å². The summed E-state index contributed by atoms with van der Waals surface area (Å²) in [6.45, 7) is -6.31. The number of rotatable bonds is 36. The molecule has 0 atom stereocenters. The summed E-state index contributed by atoms with van der Waals surface area (Å²) in [4.78, 5) is 166.